The maximum absolute atomic E-state index is 12.3. The first-order valence-corrected chi connectivity index (χ1v) is 7.36. The highest BCUT2D eigenvalue weighted by Crippen LogP contribution is 2.21. The Hall–Kier alpha value is -1.88. The van der Waals surface area contributed by atoms with E-state index in [1.54, 1.807) is 4.90 Å². The molecule has 3 N–H and O–H groups in total. The first-order chi connectivity index (χ1) is 10.1. The van der Waals surface area contributed by atoms with Crippen LogP contribution in [0.15, 0.2) is 30.3 Å². The van der Waals surface area contributed by atoms with E-state index >= 15 is 0 Å². The minimum Gasteiger partial charge on any atom is -0.481 e. The predicted octanol–water partition coefficient (Wildman–Crippen LogP) is 1.27. The number of nitrogens with two attached hydrogens (primary N) is 1. The maximum atomic E-state index is 12.3. The number of carbonyl (C=O) groups is 2. The molecule has 1 unspecified atom stereocenters. The molecular formula is C16H22N2O3. The number of carboxylic acids is 1. The van der Waals surface area contributed by atoms with E-state index in [1.807, 2.05) is 30.3 Å². The largest absolute Gasteiger partial charge is 0.481 e. The lowest BCUT2D eigenvalue weighted by Gasteiger charge is -2.21. The van der Waals surface area contributed by atoms with E-state index in [4.69, 9.17) is 10.8 Å². The Morgan fingerprint density at radius 1 is 1.33 bits per heavy atom. The third kappa shape index (κ3) is 4.56. The quantitative estimate of drug-likeness (QED) is 0.826. The van der Waals surface area contributed by atoms with E-state index in [1.165, 1.54) is 0 Å². The van der Waals surface area contributed by atoms with Crippen LogP contribution >= 0.6 is 0 Å². The van der Waals surface area contributed by atoms with E-state index in [0.29, 0.717) is 25.9 Å². The van der Waals surface area contributed by atoms with E-state index < -0.39 is 12.0 Å². The number of rotatable bonds is 6. The number of nitrogens with zero attached hydrogens (tertiary/aromatic N) is 1. The zero-order valence-electron chi connectivity index (χ0n) is 12.1. The van der Waals surface area contributed by atoms with Gasteiger partial charge in [0.25, 0.3) is 0 Å². The third-order valence-corrected chi connectivity index (χ3v) is 3.98. The summed E-state index contributed by atoms with van der Waals surface area (Å²) in [4.78, 5) is 24.7. The van der Waals surface area contributed by atoms with Gasteiger partial charge in [0.15, 0.2) is 0 Å². The van der Waals surface area contributed by atoms with Crippen LogP contribution in [-0.4, -0.2) is 41.0 Å². The van der Waals surface area contributed by atoms with Crippen molar-refractivity contribution in [2.45, 2.75) is 31.7 Å². The summed E-state index contributed by atoms with van der Waals surface area (Å²) in [6, 6.07) is 9.21. The van der Waals surface area contributed by atoms with Crippen molar-refractivity contribution < 1.29 is 14.7 Å². The Balaban J connectivity index is 1.82. The summed E-state index contributed by atoms with van der Waals surface area (Å²) in [5.74, 6) is -0.522. The fraction of sp³-hybridized carbons (Fsp3) is 0.500. The number of carboxylic acid groups (broad SMARTS) is 1. The highest BCUT2D eigenvalue weighted by Gasteiger charge is 2.29. The number of hydrogen-bond donors (Lipinski definition) is 2. The van der Waals surface area contributed by atoms with Crippen molar-refractivity contribution in [1.82, 2.24) is 4.90 Å². The molecule has 0 radical (unpaired) electrons. The van der Waals surface area contributed by atoms with Crippen molar-refractivity contribution in [3.8, 4) is 0 Å². The van der Waals surface area contributed by atoms with Crippen LogP contribution in [-0.2, 0) is 16.0 Å². The van der Waals surface area contributed by atoms with Crippen LogP contribution in [0.2, 0.25) is 0 Å². The second kappa shape index (κ2) is 7.22. The average molecular weight is 290 g/mol. The smallest absolute Gasteiger partial charge is 0.303 e. The van der Waals surface area contributed by atoms with Crippen molar-refractivity contribution in [3.05, 3.63) is 35.9 Å². The normalized spacial score (nSPS) is 19.5. The van der Waals surface area contributed by atoms with Gasteiger partial charge in [0.2, 0.25) is 5.91 Å². The van der Waals surface area contributed by atoms with Gasteiger partial charge in [-0.25, -0.2) is 0 Å². The number of aliphatic carboxylic acids is 1. The number of hydrogen-bond acceptors (Lipinski definition) is 3. The molecule has 1 fully saturated rings. The molecule has 5 heteroatoms. The summed E-state index contributed by atoms with van der Waals surface area (Å²) in [5.41, 5.74) is 7.07. The van der Waals surface area contributed by atoms with Gasteiger partial charge >= 0.3 is 5.97 Å². The fourth-order valence-corrected chi connectivity index (χ4v) is 2.79. The predicted molar refractivity (Wildman–Crippen MR) is 79.7 cm³/mol. The van der Waals surface area contributed by atoms with Crippen molar-refractivity contribution in [2.24, 2.45) is 11.7 Å². The average Bonchev–Trinajstić information content (AvgIpc) is 2.94. The summed E-state index contributed by atoms with van der Waals surface area (Å²) in [7, 11) is 0. The van der Waals surface area contributed by atoms with Gasteiger partial charge in [-0.05, 0) is 30.7 Å². The Morgan fingerprint density at radius 2 is 2.05 bits per heavy atom. The molecule has 2 atom stereocenters. The highest BCUT2D eigenvalue weighted by atomic mass is 16.4. The van der Waals surface area contributed by atoms with Crippen LogP contribution in [0.4, 0.5) is 0 Å². The van der Waals surface area contributed by atoms with Gasteiger partial charge in [-0.2, -0.15) is 0 Å². The second-order valence-corrected chi connectivity index (χ2v) is 5.67. The zero-order valence-corrected chi connectivity index (χ0v) is 12.1. The molecule has 1 amide bonds. The molecule has 0 bridgehead atoms. The van der Waals surface area contributed by atoms with Crippen molar-refractivity contribution in [2.75, 3.05) is 13.1 Å². The van der Waals surface area contributed by atoms with Gasteiger partial charge in [0, 0.05) is 19.5 Å². The number of likely N-dealkylation sites (tertiary alicyclic amines) is 1. The number of benzene rings is 1. The Bertz CT molecular complexity index is 490. The van der Waals surface area contributed by atoms with Gasteiger partial charge in [-0.15, -0.1) is 0 Å². The first-order valence-electron chi connectivity index (χ1n) is 7.36. The zero-order chi connectivity index (χ0) is 15.2. The van der Waals surface area contributed by atoms with Crippen LogP contribution in [0.3, 0.4) is 0 Å². The van der Waals surface area contributed by atoms with Gasteiger partial charge in [-0.1, -0.05) is 30.3 Å². The molecule has 1 aliphatic heterocycles. The summed E-state index contributed by atoms with van der Waals surface area (Å²) in [6.45, 7) is 1.32. The molecular weight excluding hydrogens is 268 g/mol. The molecule has 21 heavy (non-hydrogen) atoms. The molecule has 0 aliphatic carbocycles. The standard InChI is InChI=1S/C16H22N2O3/c17-14(10-12-4-2-1-3-5-12)16(21)18-9-8-13(11-18)6-7-15(19)20/h1-5,13-14H,6-11,17H2,(H,19,20)/t13?,14-/m1/s1. The SMILES string of the molecule is N[C@H](Cc1ccccc1)C(=O)N1CCC(CCC(=O)O)C1. The minimum absolute atomic E-state index is 0.0309. The Kier molecular flexibility index (Phi) is 5.33. The Labute approximate surface area is 124 Å². The molecule has 114 valence electrons. The summed E-state index contributed by atoms with van der Waals surface area (Å²) < 4.78 is 0. The topological polar surface area (TPSA) is 83.6 Å². The van der Waals surface area contributed by atoms with Gasteiger partial charge in [0.05, 0.1) is 6.04 Å². The summed E-state index contributed by atoms with van der Waals surface area (Å²) in [6.07, 6.45) is 2.21. The molecule has 2 rings (SSSR count). The van der Waals surface area contributed by atoms with Crippen molar-refractivity contribution in [1.29, 1.82) is 0 Å². The highest BCUT2D eigenvalue weighted by molar-refractivity contribution is 5.82. The summed E-state index contributed by atoms with van der Waals surface area (Å²) in [5, 5.41) is 8.70. The number of carbonyl (C=O) groups excluding carboxylic acids is 1. The minimum atomic E-state index is -0.777. The molecule has 0 aromatic heterocycles. The first kappa shape index (κ1) is 15.5. The van der Waals surface area contributed by atoms with Gasteiger partial charge < -0.3 is 15.7 Å². The van der Waals surface area contributed by atoms with E-state index in [-0.39, 0.29) is 18.2 Å². The van der Waals surface area contributed by atoms with Gasteiger partial charge in [0.1, 0.15) is 0 Å². The second-order valence-electron chi connectivity index (χ2n) is 5.67. The van der Waals surface area contributed by atoms with Crippen LogP contribution in [0, 0.1) is 5.92 Å². The van der Waals surface area contributed by atoms with Crippen LogP contribution in [0.25, 0.3) is 0 Å². The number of amides is 1. The summed E-state index contributed by atoms with van der Waals surface area (Å²) >= 11 is 0. The van der Waals surface area contributed by atoms with Crippen LogP contribution in [0.1, 0.15) is 24.8 Å². The molecule has 1 heterocycles. The van der Waals surface area contributed by atoms with E-state index in [9.17, 15) is 9.59 Å². The molecule has 0 spiro atoms. The molecule has 1 aromatic carbocycles. The molecule has 0 saturated carbocycles. The monoisotopic (exact) mass is 290 g/mol. The van der Waals surface area contributed by atoms with E-state index in [2.05, 4.69) is 0 Å². The fourth-order valence-electron chi connectivity index (χ4n) is 2.79. The lowest BCUT2D eigenvalue weighted by atomic mass is 10.0. The molecule has 1 aromatic rings. The van der Waals surface area contributed by atoms with Crippen LogP contribution in [0.5, 0.6) is 0 Å². The lowest BCUT2D eigenvalue weighted by molar-refractivity contribution is -0.137. The van der Waals surface area contributed by atoms with Crippen molar-refractivity contribution in [3.63, 3.8) is 0 Å². The Morgan fingerprint density at radius 3 is 2.71 bits per heavy atom. The third-order valence-electron chi connectivity index (χ3n) is 3.98. The van der Waals surface area contributed by atoms with Crippen LogP contribution < -0.4 is 5.73 Å². The molecule has 1 saturated heterocycles. The molecule has 5 nitrogen and oxygen atoms in total. The maximum Gasteiger partial charge on any atom is 0.303 e. The molecule has 1 aliphatic rings. The van der Waals surface area contributed by atoms with E-state index in [0.717, 1.165) is 12.0 Å². The van der Waals surface area contributed by atoms with Gasteiger partial charge in [-0.3, -0.25) is 9.59 Å². The lowest BCUT2D eigenvalue weighted by Crippen LogP contribution is -2.43. The van der Waals surface area contributed by atoms with Crippen molar-refractivity contribution >= 4 is 11.9 Å².